The highest BCUT2D eigenvalue weighted by Crippen LogP contribution is 2.27. The van der Waals surface area contributed by atoms with Gasteiger partial charge in [-0.25, -0.2) is 4.79 Å². The standard InChI is InChI=1S/C53H77N3O5.H2/c1-3-5-7-9-11-13-15-17-19-21-23-25-27-29-31-33-35-37-39-41-50(57)54-49-45-46-56(53(59)55-49)51-44-43-48(61-51)47-60-52(58)42-40-38-36-34-32-30-28-26-24-22-20-18-16-14-12-10-8-6-4-2;/h5-8,11-14,17-20,23-26,29-32,45-46,48,51H,3-4,9-10,15-16,21-22,27-28,33-44,47H2,1-2H3,(H,54,55,57,59);1H/b7-5-,8-6-,13-11-,14-12-,19-17-,20-18-,25-23-,26-24-,31-29-,32-30-;/t48-,51?;/m0./s1. The van der Waals surface area contributed by atoms with E-state index in [1.807, 2.05) is 0 Å². The molecule has 1 fully saturated rings. The number of hydrogen-bond acceptors (Lipinski definition) is 6. The summed E-state index contributed by atoms with van der Waals surface area (Å²) in [6.07, 6.45) is 64.5. The number of nitrogens with zero attached hydrogens (tertiary/aromatic N) is 2. The Balaban J connectivity index is 0.0000192. The summed E-state index contributed by atoms with van der Waals surface area (Å²) in [5, 5.41) is 2.75. The lowest BCUT2D eigenvalue weighted by atomic mass is 10.1. The van der Waals surface area contributed by atoms with Crippen LogP contribution in [0.4, 0.5) is 5.82 Å². The second kappa shape index (κ2) is 38.1. The minimum absolute atomic E-state index is 0. The van der Waals surface area contributed by atoms with Gasteiger partial charge in [0, 0.05) is 20.5 Å². The number of aromatic nitrogens is 2. The Morgan fingerprint density at radius 2 is 1.08 bits per heavy atom. The van der Waals surface area contributed by atoms with E-state index in [9.17, 15) is 14.4 Å². The lowest BCUT2D eigenvalue weighted by molar-refractivity contribution is -0.148. The average molecular weight is 838 g/mol. The molecule has 1 aliphatic rings. The number of esters is 1. The van der Waals surface area contributed by atoms with E-state index in [1.165, 1.54) is 4.57 Å². The van der Waals surface area contributed by atoms with Crippen LogP contribution >= 0.6 is 0 Å². The predicted molar refractivity (Wildman–Crippen MR) is 258 cm³/mol. The SMILES string of the molecule is CC/C=C\C/C=C\C/C=C\C/C=C\C/C=C\CCCCCC(=O)Nc1ccn(C2CC[C@@H](COC(=O)CCCCC/C=C\C/C=C\C/C=C\C/C=C\C/C=C\CC)O2)c(=O)n1.[HH]. The smallest absolute Gasteiger partial charge is 0.351 e. The quantitative estimate of drug-likeness (QED) is 0.0422. The molecule has 2 rings (SSSR count). The third-order valence-electron chi connectivity index (χ3n) is 9.76. The molecule has 1 aromatic heterocycles. The second-order valence-corrected chi connectivity index (χ2v) is 15.1. The molecular formula is C53H79N3O5. The van der Waals surface area contributed by atoms with Gasteiger partial charge in [0.05, 0.1) is 6.10 Å². The summed E-state index contributed by atoms with van der Waals surface area (Å²) in [6, 6.07) is 1.62. The van der Waals surface area contributed by atoms with Crippen LogP contribution in [0, 0.1) is 0 Å². The zero-order chi connectivity index (χ0) is 43.7. The normalized spacial score (nSPS) is 16.4. The molecule has 0 aliphatic carbocycles. The minimum atomic E-state index is -0.484. The van der Waals surface area contributed by atoms with Crippen LogP contribution in [0.5, 0.6) is 0 Å². The average Bonchev–Trinajstić information content (AvgIpc) is 3.73. The van der Waals surface area contributed by atoms with Gasteiger partial charge in [-0.2, -0.15) is 4.98 Å². The molecular weight excluding hydrogens is 759 g/mol. The van der Waals surface area contributed by atoms with E-state index in [2.05, 4.69) is 146 Å². The lowest BCUT2D eigenvalue weighted by Gasteiger charge is -2.16. The van der Waals surface area contributed by atoms with Crippen molar-refractivity contribution in [3.05, 3.63) is 144 Å². The summed E-state index contributed by atoms with van der Waals surface area (Å²) in [6.45, 7) is 4.47. The Bertz CT molecular complexity index is 1680. The van der Waals surface area contributed by atoms with Gasteiger partial charge in [-0.05, 0) is 122 Å². The molecule has 1 N–H and O–H groups in total. The van der Waals surface area contributed by atoms with E-state index >= 15 is 0 Å². The number of amides is 1. The van der Waals surface area contributed by atoms with Gasteiger partial charge in [0.2, 0.25) is 5.91 Å². The lowest BCUT2D eigenvalue weighted by Crippen LogP contribution is -2.29. The van der Waals surface area contributed by atoms with Crippen molar-refractivity contribution in [2.24, 2.45) is 0 Å². The van der Waals surface area contributed by atoms with E-state index in [0.29, 0.717) is 25.7 Å². The van der Waals surface area contributed by atoms with Crippen LogP contribution in [0.3, 0.4) is 0 Å². The molecule has 1 aromatic rings. The highest BCUT2D eigenvalue weighted by Gasteiger charge is 2.28. The molecule has 0 aromatic carbocycles. The summed E-state index contributed by atoms with van der Waals surface area (Å²) in [7, 11) is 0. The molecule has 1 saturated heterocycles. The maximum absolute atomic E-state index is 12.8. The molecule has 2 atom stereocenters. The summed E-state index contributed by atoms with van der Waals surface area (Å²) < 4.78 is 12.9. The van der Waals surface area contributed by atoms with Crippen LogP contribution in [0.15, 0.2) is 139 Å². The van der Waals surface area contributed by atoms with Gasteiger partial charge in [0.15, 0.2) is 0 Å². The van der Waals surface area contributed by atoms with Crippen LogP contribution in [-0.4, -0.2) is 34.1 Å². The third-order valence-corrected chi connectivity index (χ3v) is 9.76. The zero-order valence-electron chi connectivity index (χ0n) is 37.6. The van der Waals surface area contributed by atoms with Crippen molar-refractivity contribution in [1.29, 1.82) is 0 Å². The van der Waals surface area contributed by atoms with E-state index in [-0.39, 0.29) is 31.8 Å². The van der Waals surface area contributed by atoms with E-state index < -0.39 is 11.9 Å². The number of nitrogens with one attached hydrogen (secondary N) is 1. The molecule has 1 amide bonds. The Morgan fingerprint density at radius 1 is 0.639 bits per heavy atom. The van der Waals surface area contributed by atoms with Gasteiger partial charge >= 0.3 is 11.7 Å². The van der Waals surface area contributed by atoms with Crippen LogP contribution in [0.1, 0.15) is 163 Å². The molecule has 1 aliphatic heterocycles. The van der Waals surface area contributed by atoms with Gasteiger partial charge < -0.3 is 14.8 Å². The van der Waals surface area contributed by atoms with Crippen molar-refractivity contribution in [2.45, 2.75) is 167 Å². The highest BCUT2D eigenvalue weighted by atomic mass is 16.6. The first-order valence-electron chi connectivity index (χ1n) is 23.2. The number of anilines is 1. The monoisotopic (exact) mass is 838 g/mol. The maximum atomic E-state index is 12.8. The molecule has 0 radical (unpaired) electrons. The summed E-state index contributed by atoms with van der Waals surface area (Å²) >= 11 is 0. The van der Waals surface area contributed by atoms with Crippen LogP contribution in [0.2, 0.25) is 0 Å². The number of rotatable bonds is 34. The van der Waals surface area contributed by atoms with E-state index in [1.54, 1.807) is 12.3 Å². The van der Waals surface area contributed by atoms with Gasteiger partial charge in [0.25, 0.3) is 0 Å². The first kappa shape index (κ1) is 52.3. The van der Waals surface area contributed by atoms with E-state index in [0.717, 1.165) is 116 Å². The van der Waals surface area contributed by atoms with Crippen molar-refractivity contribution in [3.8, 4) is 0 Å². The fourth-order valence-corrected chi connectivity index (χ4v) is 6.35. The number of carbonyl (C=O) groups excluding carboxylic acids is 2. The van der Waals surface area contributed by atoms with Crippen molar-refractivity contribution < 1.29 is 20.5 Å². The fourth-order valence-electron chi connectivity index (χ4n) is 6.35. The second-order valence-electron chi connectivity index (χ2n) is 15.1. The van der Waals surface area contributed by atoms with Crippen molar-refractivity contribution in [3.63, 3.8) is 0 Å². The van der Waals surface area contributed by atoms with Crippen molar-refractivity contribution in [1.82, 2.24) is 9.55 Å². The summed E-state index contributed by atoms with van der Waals surface area (Å²) in [5.41, 5.74) is -0.484. The molecule has 336 valence electrons. The Kier molecular flexibility index (Phi) is 32.7. The van der Waals surface area contributed by atoms with Crippen LogP contribution in [-0.2, 0) is 19.1 Å². The highest BCUT2D eigenvalue weighted by molar-refractivity contribution is 5.89. The Morgan fingerprint density at radius 3 is 1.54 bits per heavy atom. The molecule has 0 bridgehead atoms. The first-order chi connectivity index (χ1) is 30.0. The fraction of sp³-hybridized carbons (Fsp3) is 0.509. The van der Waals surface area contributed by atoms with Gasteiger partial charge in [-0.3, -0.25) is 14.2 Å². The Hall–Kier alpha value is -4.82. The van der Waals surface area contributed by atoms with E-state index in [4.69, 9.17) is 9.47 Å². The number of hydrogen-bond donors (Lipinski definition) is 1. The number of unbranched alkanes of at least 4 members (excludes halogenated alkanes) is 6. The minimum Gasteiger partial charge on any atom is -0.463 e. The summed E-state index contributed by atoms with van der Waals surface area (Å²) in [4.78, 5) is 41.6. The Labute approximate surface area is 370 Å². The summed E-state index contributed by atoms with van der Waals surface area (Å²) in [5.74, 6) is -0.124. The van der Waals surface area contributed by atoms with Gasteiger partial charge in [-0.1, -0.05) is 148 Å². The van der Waals surface area contributed by atoms with Crippen LogP contribution in [0.25, 0.3) is 0 Å². The molecule has 8 heteroatoms. The zero-order valence-corrected chi connectivity index (χ0v) is 37.6. The molecule has 2 heterocycles. The molecule has 0 saturated carbocycles. The molecule has 61 heavy (non-hydrogen) atoms. The largest absolute Gasteiger partial charge is 0.463 e. The number of allylic oxidation sites excluding steroid dienone is 20. The number of carbonyl (C=O) groups is 2. The van der Waals surface area contributed by atoms with Crippen LogP contribution < -0.4 is 11.0 Å². The van der Waals surface area contributed by atoms with Gasteiger partial charge in [-0.15, -0.1) is 0 Å². The van der Waals surface area contributed by atoms with Crippen molar-refractivity contribution >= 4 is 17.7 Å². The number of ether oxygens (including phenoxy) is 2. The molecule has 0 spiro atoms. The molecule has 1 unspecified atom stereocenters. The first-order valence-corrected chi connectivity index (χ1v) is 23.2. The van der Waals surface area contributed by atoms with Crippen molar-refractivity contribution in [2.75, 3.05) is 11.9 Å². The van der Waals surface area contributed by atoms with Gasteiger partial charge in [0.1, 0.15) is 18.7 Å². The predicted octanol–water partition coefficient (Wildman–Crippen LogP) is 14.1. The topological polar surface area (TPSA) is 99.5 Å². The molecule has 8 nitrogen and oxygen atoms in total. The maximum Gasteiger partial charge on any atom is 0.351 e. The third kappa shape index (κ3) is 30.0.